The van der Waals surface area contributed by atoms with Crippen LogP contribution in [-0.4, -0.2) is 48.9 Å². The highest BCUT2D eigenvalue weighted by Gasteiger charge is 2.34. The van der Waals surface area contributed by atoms with Crippen molar-refractivity contribution < 1.29 is 9.59 Å². The Morgan fingerprint density at radius 2 is 1.90 bits per heavy atom. The number of halogens is 1. The van der Waals surface area contributed by atoms with Crippen LogP contribution in [0, 0.1) is 5.41 Å². The molecule has 0 spiro atoms. The number of hydrogen-bond donors (Lipinski definition) is 2. The normalized spacial score (nSPS) is 18.3. The van der Waals surface area contributed by atoms with Crippen molar-refractivity contribution >= 4 is 24.2 Å². The molecule has 2 amide bonds. The lowest BCUT2D eigenvalue weighted by molar-refractivity contribution is -0.139. The molecule has 1 atom stereocenters. The van der Waals surface area contributed by atoms with Crippen LogP contribution in [0.4, 0.5) is 0 Å². The van der Waals surface area contributed by atoms with Crippen LogP contribution in [0.3, 0.4) is 0 Å². The summed E-state index contributed by atoms with van der Waals surface area (Å²) in [6, 6.07) is -0.272. The van der Waals surface area contributed by atoms with E-state index in [1.165, 1.54) is 0 Å². The van der Waals surface area contributed by atoms with Crippen LogP contribution < -0.4 is 10.6 Å². The second-order valence-corrected chi connectivity index (χ2v) is 6.63. The average molecular weight is 320 g/mol. The third-order valence-corrected chi connectivity index (χ3v) is 3.41. The predicted molar refractivity (Wildman–Crippen MR) is 87.6 cm³/mol. The highest BCUT2D eigenvalue weighted by atomic mass is 35.5. The van der Waals surface area contributed by atoms with Crippen molar-refractivity contribution in [2.75, 3.05) is 26.2 Å². The van der Waals surface area contributed by atoms with Gasteiger partial charge in [-0.15, -0.1) is 12.4 Å². The van der Waals surface area contributed by atoms with Gasteiger partial charge in [-0.1, -0.05) is 27.7 Å². The van der Waals surface area contributed by atoms with Gasteiger partial charge in [-0.2, -0.15) is 0 Å². The van der Waals surface area contributed by atoms with E-state index in [2.05, 4.69) is 10.6 Å². The molecule has 0 bridgehead atoms. The Balaban J connectivity index is 0.00000400. The lowest BCUT2D eigenvalue weighted by Gasteiger charge is -2.27. The summed E-state index contributed by atoms with van der Waals surface area (Å²) in [7, 11) is 0. The summed E-state index contributed by atoms with van der Waals surface area (Å²) in [6.07, 6.45) is 2.19. The van der Waals surface area contributed by atoms with Crippen molar-refractivity contribution in [3.05, 3.63) is 0 Å². The molecule has 124 valence electrons. The molecule has 2 N–H and O–H groups in total. The zero-order valence-electron chi connectivity index (χ0n) is 13.7. The molecule has 1 rings (SSSR count). The first-order valence-electron chi connectivity index (χ1n) is 7.63. The molecule has 0 aromatic heterocycles. The summed E-state index contributed by atoms with van der Waals surface area (Å²) in [4.78, 5) is 26.2. The molecule has 1 fully saturated rings. The van der Waals surface area contributed by atoms with E-state index >= 15 is 0 Å². The fraction of sp³-hybridized carbons (Fsp3) is 0.867. The van der Waals surface area contributed by atoms with Crippen LogP contribution >= 0.6 is 12.4 Å². The maximum absolute atomic E-state index is 12.3. The van der Waals surface area contributed by atoms with Gasteiger partial charge in [0.15, 0.2) is 0 Å². The predicted octanol–water partition coefficient (Wildman–Crippen LogP) is 1.56. The van der Waals surface area contributed by atoms with Gasteiger partial charge < -0.3 is 15.5 Å². The Hall–Kier alpha value is -0.810. The number of rotatable bonds is 6. The summed E-state index contributed by atoms with van der Waals surface area (Å²) in [5.41, 5.74) is -0.0360. The number of likely N-dealkylation sites (N-methyl/N-ethyl adjacent to an activating group) is 1. The first-order valence-corrected chi connectivity index (χ1v) is 7.63. The van der Waals surface area contributed by atoms with Gasteiger partial charge in [0.05, 0.1) is 0 Å². The fourth-order valence-electron chi connectivity index (χ4n) is 2.46. The third kappa shape index (κ3) is 7.14. The molecular formula is C15H30ClN3O2. The number of likely N-dealkylation sites (tertiary alicyclic amines) is 1. The van der Waals surface area contributed by atoms with E-state index in [-0.39, 0.29) is 35.7 Å². The first kappa shape index (κ1) is 20.2. The van der Waals surface area contributed by atoms with Gasteiger partial charge >= 0.3 is 0 Å². The first-order chi connectivity index (χ1) is 9.35. The van der Waals surface area contributed by atoms with Crippen molar-refractivity contribution in [3.8, 4) is 0 Å². The number of nitrogens with zero attached hydrogens (tertiary/aromatic N) is 1. The zero-order chi connectivity index (χ0) is 15.2. The SMILES string of the molecule is CCNCCNC(=O)C1CCCN1C(=O)CC(C)(C)C.Cl. The van der Waals surface area contributed by atoms with E-state index in [1.54, 1.807) is 4.90 Å². The van der Waals surface area contributed by atoms with E-state index in [4.69, 9.17) is 0 Å². The number of hydrogen-bond acceptors (Lipinski definition) is 3. The van der Waals surface area contributed by atoms with Gasteiger partial charge in [0.2, 0.25) is 11.8 Å². The molecule has 5 nitrogen and oxygen atoms in total. The molecule has 0 saturated carbocycles. The quantitative estimate of drug-likeness (QED) is 0.730. The largest absolute Gasteiger partial charge is 0.353 e. The van der Waals surface area contributed by atoms with E-state index in [9.17, 15) is 9.59 Å². The van der Waals surface area contributed by atoms with Crippen LogP contribution in [0.5, 0.6) is 0 Å². The van der Waals surface area contributed by atoms with Gasteiger partial charge in [-0.05, 0) is 24.8 Å². The second kappa shape index (κ2) is 9.26. The summed E-state index contributed by atoms with van der Waals surface area (Å²) in [6.45, 7) is 11.2. The van der Waals surface area contributed by atoms with Crippen molar-refractivity contribution in [3.63, 3.8) is 0 Å². The van der Waals surface area contributed by atoms with Crippen LogP contribution in [0.15, 0.2) is 0 Å². The Labute approximate surface area is 134 Å². The molecule has 1 unspecified atom stereocenters. The average Bonchev–Trinajstić information content (AvgIpc) is 2.81. The molecule has 0 aromatic rings. The Bertz CT molecular complexity index is 342. The lowest BCUT2D eigenvalue weighted by Crippen LogP contribution is -2.47. The van der Waals surface area contributed by atoms with Crippen molar-refractivity contribution in [2.45, 2.75) is 53.0 Å². The van der Waals surface area contributed by atoms with E-state index in [0.717, 1.165) is 25.9 Å². The number of nitrogens with one attached hydrogen (secondary N) is 2. The van der Waals surface area contributed by atoms with Crippen molar-refractivity contribution in [1.29, 1.82) is 0 Å². The minimum absolute atomic E-state index is 0. The summed E-state index contributed by atoms with van der Waals surface area (Å²) >= 11 is 0. The third-order valence-electron chi connectivity index (χ3n) is 3.41. The van der Waals surface area contributed by atoms with Crippen LogP contribution in [0.25, 0.3) is 0 Å². The molecule has 6 heteroatoms. The highest BCUT2D eigenvalue weighted by molar-refractivity contribution is 5.88. The minimum atomic E-state index is -0.272. The molecule has 1 heterocycles. The lowest BCUT2D eigenvalue weighted by atomic mass is 9.91. The van der Waals surface area contributed by atoms with Crippen LogP contribution in [0.1, 0.15) is 47.0 Å². The molecule has 1 aliphatic rings. The monoisotopic (exact) mass is 319 g/mol. The van der Waals surface area contributed by atoms with Gasteiger partial charge in [-0.25, -0.2) is 0 Å². The van der Waals surface area contributed by atoms with E-state index in [1.807, 2.05) is 27.7 Å². The standard InChI is InChI=1S/C15H29N3O2.ClH/c1-5-16-8-9-17-14(20)12-7-6-10-18(12)13(19)11-15(2,3)4;/h12,16H,5-11H2,1-4H3,(H,17,20);1H. The molecule has 1 saturated heterocycles. The molecule has 0 radical (unpaired) electrons. The summed E-state index contributed by atoms with van der Waals surface area (Å²) in [5.74, 6) is 0.0875. The molecule has 0 aromatic carbocycles. The maximum atomic E-state index is 12.3. The number of carbonyl (C=O) groups is 2. The van der Waals surface area contributed by atoms with Crippen molar-refractivity contribution in [2.24, 2.45) is 5.41 Å². The highest BCUT2D eigenvalue weighted by Crippen LogP contribution is 2.24. The van der Waals surface area contributed by atoms with Gasteiger partial charge in [0, 0.05) is 26.1 Å². The van der Waals surface area contributed by atoms with Gasteiger partial charge in [-0.3, -0.25) is 9.59 Å². The van der Waals surface area contributed by atoms with E-state index in [0.29, 0.717) is 19.5 Å². The molecule has 21 heavy (non-hydrogen) atoms. The Kier molecular flexibility index (Phi) is 8.90. The van der Waals surface area contributed by atoms with E-state index < -0.39 is 0 Å². The molecule has 0 aliphatic carbocycles. The molecule has 1 aliphatic heterocycles. The zero-order valence-corrected chi connectivity index (χ0v) is 14.5. The summed E-state index contributed by atoms with van der Waals surface area (Å²) in [5, 5.41) is 6.08. The Morgan fingerprint density at radius 3 is 2.48 bits per heavy atom. The maximum Gasteiger partial charge on any atom is 0.242 e. The van der Waals surface area contributed by atoms with Crippen LogP contribution in [-0.2, 0) is 9.59 Å². The molecular weight excluding hydrogens is 290 g/mol. The topological polar surface area (TPSA) is 61.4 Å². The minimum Gasteiger partial charge on any atom is -0.353 e. The Morgan fingerprint density at radius 1 is 1.24 bits per heavy atom. The fourth-order valence-corrected chi connectivity index (χ4v) is 2.46. The summed E-state index contributed by atoms with van der Waals surface area (Å²) < 4.78 is 0. The van der Waals surface area contributed by atoms with Crippen molar-refractivity contribution in [1.82, 2.24) is 15.5 Å². The van der Waals surface area contributed by atoms with Crippen LogP contribution in [0.2, 0.25) is 0 Å². The van der Waals surface area contributed by atoms with Gasteiger partial charge in [0.1, 0.15) is 6.04 Å². The number of carbonyl (C=O) groups excluding carboxylic acids is 2. The smallest absolute Gasteiger partial charge is 0.242 e. The second-order valence-electron chi connectivity index (χ2n) is 6.63. The van der Waals surface area contributed by atoms with Gasteiger partial charge in [0.25, 0.3) is 0 Å². The number of amides is 2.